The molecule has 0 amide bonds. The smallest absolute Gasteiger partial charge is 0.124 e. The average Bonchev–Trinajstić information content (AvgIpc) is 2.19. The highest BCUT2D eigenvalue weighted by atomic mass is 35.5. The highest BCUT2D eigenvalue weighted by Gasteiger charge is 1.98. The number of halogens is 1. The molecule has 0 unspecified atom stereocenters. The number of nitrogens with zero attached hydrogens (tertiary/aromatic N) is 1. The molecule has 0 aliphatic rings. The summed E-state index contributed by atoms with van der Waals surface area (Å²) in [6.45, 7) is 0. The molecular formula is C11H9ClN2. The molecule has 0 saturated carbocycles. The van der Waals surface area contributed by atoms with Crippen LogP contribution in [0.1, 0.15) is 0 Å². The van der Waals surface area contributed by atoms with Crippen molar-refractivity contribution in [2.75, 3.05) is 5.73 Å². The topological polar surface area (TPSA) is 38.9 Å². The second-order valence-corrected chi connectivity index (χ2v) is 3.39. The van der Waals surface area contributed by atoms with Crippen LogP contribution in [0.3, 0.4) is 0 Å². The normalized spacial score (nSPS) is 10.1. The van der Waals surface area contributed by atoms with Crippen molar-refractivity contribution < 1.29 is 0 Å². The Kier molecular flexibility index (Phi) is 2.37. The lowest BCUT2D eigenvalue weighted by atomic mass is 10.1. The Balaban J connectivity index is 2.44. The number of aromatic nitrogens is 1. The van der Waals surface area contributed by atoms with Crippen molar-refractivity contribution in [1.82, 2.24) is 4.98 Å². The van der Waals surface area contributed by atoms with Crippen LogP contribution in [-0.2, 0) is 0 Å². The molecular weight excluding hydrogens is 196 g/mol. The largest absolute Gasteiger partial charge is 0.384 e. The van der Waals surface area contributed by atoms with Gasteiger partial charge in [0.2, 0.25) is 0 Å². The summed E-state index contributed by atoms with van der Waals surface area (Å²) in [5.41, 5.74) is 7.47. The van der Waals surface area contributed by atoms with E-state index in [0.717, 1.165) is 16.3 Å². The van der Waals surface area contributed by atoms with Crippen LogP contribution >= 0.6 is 11.6 Å². The Labute approximate surface area is 87.4 Å². The Morgan fingerprint density at radius 3 is 2.36 bits per heavy atom. The first-order valence-electron chi connectivity index (χ1n) is 4.24. The van der Waals surface area contributed by atoms with Gasteiger partial charge in [-0.15, -0.1) is 0 Å². The number of benzene rings is 1. The third-order valence-corrected chi connectivity index (χ3v) is 2.16. The molecule has 0 atom stereocenters. The lowest BCUT2D eigenvalue weighted by Gasteiger charge is -2.01. The Morgan fingerprint density at radius 1 is 1.00 bits per heavy atom. The summed E-state index contributed by atoms with van der Waals surface area (Å²) in [5.74, 6) is 0.525. The third-order valence-electron chi connectivity index (χ3n) is 1.91. The average molecular weight is 205 g/mol. The van der Waals surface area contributed by atoms with E-state index in [1.807, 2.05) is 36.4 Å². The zero-order valence-electron chi connectivity index (χ0n) is 7.44. The van der Waals surface area contributed by atoms with Crippen molar-refractivity contribution >= 4 is 17.4 Å². The van der Waals surface area contributed by atoms with Crippen molar-refractivity contribution in [2.24, 2.45) is 0 Å². The number of pyridine rings is 1. The molecule has 0 aliphatic carbocycles. The number of anilines is 1. The molecule has 0 spiro atoms. The van der Waals surface area contributed by atoms with Crippen LogP contribution in [-0.4, -0.2) is 4.98 Å². The van der Waals surface area contributed by atoms with Crippen molar-refractivity contribution in [2.45, 2.75) is 0 Å². The molecule has 0 bridgehead atoms. The molecule has 1 aromatic carbocycles. The van der Waals surface area contributed by atoms with Crippen molar-refractivity contribution in [3.8, 4) is 11.3 Å². The van der Waals surface area contributed by atoms with Crippen LogP contribution in [0.5, 0.6) is 0 Å². The number of hydrogen-bond acceptors (Lipinski definition) is 2. The van der Waals surface area contributed by atoms with E-state index in [1.54, 1.807) is 6.07 Å². The molecule has 70 valence electrons. The quantitative estimate of drug-likeness (QED) is 0.776. The molecule has 2 rings (SSSR count). The molecule has 0 aliphatic heterocycles. The second-order valence-electron chi connectivity index (χ2n) is 2.95. The number of hydrogen-bond donors (Lipinski definition) is 1. The molecule has 1 aromatic heterocycles. The Hall–Kier alpha value is -1.54. The molecule has 0 saturated heterocycles. The maximum atomic E-state index is 5.79. The Morgan fingerprint density at radius 2 is 1.71 bits per heavy atom. The number of rotatable bonds is 1. The zero-order chi connectivity index (χ0) is 9.97. The van der Waals surface area contributed by atoms with Gasteiger partial charge in [0.05, 0.1) is 5.69 Å². The van der Waals surface area contributed by atoms with Crippen molar-refractivity contribution in [1.29, 1.82) is 0 Å². The summed E-state index contributed by atoms with van der Waals surface area (Å²) >= 11 is 5.79. The Bertz CT molecular complexity index is 437. The molecule has 3 heteroatoms. The molecule has 0 radical (unpaired) electrons. The summed E-state index contributed by atoms with van der Waals surface area (Å²) in [5, 5.41) is 0.720. The van der Waals surface area contributed by atoms with Gasteiger partial charge in [0.1, 0.15) is 5.82 Å². The monoisotopic (exact) mass is 204 g/mol. The minimum absolute atomic E-state index is 0.525. The highest BCUT2D eigenvalue weighted by Crippen LogP contribution is 2.19. The van der Waals surface area contributed by atoms with Gasteiger partial charge in [-0.3, -0.25) is 0 Å². The summed E-state index contributed by atoms with van der Waals surface area (Å²) in [6.07, 6.45) is 0. The van der Waals surface area contributed by atoms with E-state index >= 15 is 0 Å². The summed E-state index contributed by atoms with van der Waals surface area (Å²) in [7, 11) is 0. The predicted octanol–water partition coefficient (Wildman–Crippen LogP) is 2.98. The maximum Gasteiger partial charge on any atom is 0.124 e. The zero-order valence-corrected chi connectivity index (χ0v) is 8.20. The van der Waals surface area contributed by atoms with Gasteiger partial charge in [-0.2, -0.15) is 0 Å². The van der Waals surface area contributed by atoms with E-state index in [9.17, 15) is 0 Å². The molecule has 2 nitrogen and oxygen atoms in total. The van der Waals surface area contributed by atoms with Gasteiger partial charge in [-0.25, -0.2) is 4.98 Å². The van der Waals surface area contributed by atoms with E-state index in [4.69, 9.17) is 17.3 Å². The van der Waals surface area contributed by atoms with Crippen LogP contribution in [0.25, 0.3) is 11.3 Å². The second kappa shape index (κ2) is 3.68. The minimum atomic E-state index is 0.525. The van der Waals surface area contributed by atoms with E-state index < -0.39 is 0 Å². The molecule has 2 N–H and O–H groups in total. The fourth-order valence-electron chi connectivity index (χ4n) is 1.23. The first kappa shape index (κ1) is 9.03. The van der Waals surface area contributed by atoms with Crippen LogP contribution in [0, 0.1) is 0 Å². The van der Waals surface area contributed by atoms with Crippen molar-refractivity contribution in [3.63, 3.8) is 0 Å². The van der Waals surface area contributed by atoms with Crippen LogP contribution in [0.15, 0.2) is 42.5 Å². The number of nitrogen functional groups attached to an aromatic ring is 1. The fourth-order valence-corrected chi connectivity index (χ4v) is 1.36. The van der Waals surface area contributed by atoms with Crippen LogP contribution in [0.4, 0.5) is 5.82 Å². The maximum absolute atomic E-state index is 5.79. The molecule has 2 aromatic rings. The van der Waals surface area contributed by atoms with Gasteiger partial charge in [0, 0.05) is 10.6 Å². The minimum Gasteiger partial charge on any atom is -0.384 e. The van der Waals surface area contributed by atoms with Gasteiger partial charge in [0.25, 0.3) is 0 Å². The van der Waals surface area contributed by atoms with Gasteiger partial charge < -0.3 is 5.73 Å². The van der Waals surface area contributed by atoms with Gasteiger partial charge in [-0.05, 0) is 24.3 Å². The van der Waals surface area contributed by atoms with E-state index in [0.29, 0.717) is 5.82 Å². The van der Waals surface area contributed by atoms with E-state index in [1.165, 1.54) is 0 Å². The number of nitrogens with two attached hydrogens (primary N) is 1. The third kappa shape index (κ3) is 1.86. The lowest BCUT2D eigenvalue weighted by Crippen LogP contribution is -1.90. The predicted molar refractivity (Wildman–Crippen MR) is 59.1 cm³/mol. The molecule has 0 fully saturated rings. The molecule has 14 heavy (non-hydrogen) atoms. The fraction of sp³-hybridized carbons (Fsp3) is 0. The van der Waals surface area contributed by atoms with Gasteiger partial charge in [0.15, 0.2) is 0 Å². The van der Waals surface area contributed by atoms with E-state index in [-0.39, 0.29) is 0 Å². The SMILES string of the molecule is Nc1cccc(-c2ccc(Cl)cc2)n1. The summed E-state index contributed by atoms with van der Waals surface area (Å²) < 4.78 is 0. The molecule has 1 heterocycles. The standard InChI is InChI=1S/C11H9ClN2/c12-9-6-4-8(5-7-9)10-2-1-3-11(13)14-10/h1-7H,(H2,13,14). The van der Waals surface area contributed by atoms with Crippen LogP contribution < -0.4 is 5.73 Å². The van der Waals surface area contributed by atoms with Crippen molar-refractivity contribution in [3.05, 3.63) is 47.5 Å². The van der Waals surface area contributed by atoms with Gasteiger partial charge in [-0.1, -0.05) is 29.8 Å². The van der Waals surface area contributed by atoms with Gasteiger partial charge >= 0.3 is 0 Å². The summed E-state index contributed by atoms with van der Waals surface area (Å²) in [6, 6.07) is 13.1. The first-order valence-corrected chi connectivity index (χ1v) is 4.62. The van der Waals surface area contributed by atoms with E-state index in [2.05, 4.69) is 4.98 Å². The lowest BCUT2D eigenvalue weighted by molar-refractivity contribution is 1.33. The first-order chi connectivity index (χ1) is 6.75. The summed E-state index contributed by atoms with van der Waals surface area (Å²) in [4.78, 5) is 4.21. The highest BCUT2D eigenvalue weighted by molar-refractivity contribution is 6.30. The van der Waals surface area contributed by atoms with Crippen LogP contribution in [0.2, 0.25) is 5.02 Å².